The van der Waals surface area contributed by atoms with Crippen LogP contribution in [0.4, 0.5) is 18.9 Å². The quantitative estimate of drug-likeness (QED) is 0.875. The molecule has 114 valence electrons. The molecule has 0 saturated carbocycles. The van der Waals surface area contributed by atoms with Crippen molar-refractivity contribution in [3.05, 3.63) is 21.6 Å². The molecule has 4 nitrogen and oxygen atoms in total. The van der Waals surface area contributed by atoms with Gasteiger partial charge >= 0.3 is 6.18 Å². The average Bonchev–Trinajstić information content (AvgIpc) is 2.36. The van der Waals surface area contributed by atoms with Gasteiger partial charge in [-0.2, -0.15) is 18.3 Å². The van der Waals surface area contributed by atoms with Crippen molar-refractivity contribution >= 4 is 17.3 Å². The van der Waals surface area contributed by atoms with E-state index in [-0.39, 0.29) is 16.8 Å². The van der Waals surface area contributed by atoms with E-state index in [9.17, 15) is 18.0 Å². The van der Waals surface area contributed by atoms with Crippen molar-refractivity contribution in [1.29, 1.82) is 0 Å². The number of halogens is 4. The number of anilines is 1. The van der Waals surface area contributed by atoms with Gasteiger partial charge in [-0.05, 0) is 12.8 Å². The van der Waals surface area contributed by atoms with E-state index >= 15 is 0 Å². The van der Waals surface area contributed by atoms with Gasteiger partial charge in [0.25, 0.3) is 5.56 Å². The SMILES string of the molecule is CCCC(CC)Nc1cnn(CC(F)(F)F)c(=O)c1Cl. The van der Waals surface area contributed by atoms with Crippen molar-refractivity contribution < 1.29 is 13.2 Å². The normalized spacial score (nSPS) is 13.3. The standard InChI is InChI=1S/C12H17ClF3N3O/c1-3-5-8(4-2)18-9-6-17-19(7-12(14,15)16)11(20)10(9)13/h6,8,18H,3-5,7H2,1-2H3. The van der Waals surface area contributed by atoms with Crippen LogP contribution in [0.25, 0.3) is 0 Å². The molecule has 1 atom stereocenters. The minimum Gasteiger partial charge on any atom is -0.380 e. The largest absolute Gasteiger partial charge is 0.408 e. The van der Waals surface area contributed by atoms with E-state index in [0.717, 1.165) is 25.5 Å². The number of hydrogen-bond donors (Lipinski definition) is 1. The molecule has 1 N–H and O–H groups in total. The Labute approximate surface area is 119 Å². The van der Waals surface area contributed by atoms with Crippen molar-refractivity contribution in [3.8, 4) is 0 Å². The van der Waals surface area contributed by atoms with Gasteiger partial charge in [-0.25, -0.2) is 4.68 Å². The summed E-state index contributed by atoms with van der Waals surface area (Å²) in [4.78, 5) is 11.7. The summed E-state index contributed by atoms with van der Waals surface area (Å²) >= 11 is 5.83. The van der Waals surface area contributed by atoms with Gasteiger partial charge in [0.2, 0.25) is 0 Å². The number of hydrogen-bond acceptors (Lipinski definition) is 3. The fourth-order valence-corrected chi connectivity index (χ4v) is 2.00. The maximum absolute atomic E-state index is 12.3. The molecule has 1 aromatic heterocycles. The number of rotatable bonds is 6. The highest BCUT2D eigenvalue weighted by Gasteiger charge is 2.29. The fourth-order valence-electron chi connectivity index (χ4n) is 1.79. The molecule has 8 heteroatoms. The van der Waals surface area contributed by atoms with Gasteiger partial charge < -0.3 is 5.32 Å². The van der Waals surface area contributed by atoms with Crippen LogP contribution in [-0.4, -0.2) is 22.0 Å². The number of aromatic nitrogens is 2. The van der Waals surface area contributed by atoms with Crippen molar-refractivity contribution in [2.45, 2.75) is 51.9 Å². The van der Waals surface area contributed by atoms with Crippen LogP contribution in [0.1, 0.15) is 33.1 Å². The minimum atomic E-state index is -4.51. The van der Waals surface area contributed by atoms with Crippen molar-refractivity contribution in [2.24, 2.45) is 0 Å². The van der Waals surface area contributed by atoms with Gasteiger partial charge in [0, 0.05) is 6.04 Å². The Morgan fingerprint density at radius 3 is 2.60 bits per heavy atom. The van der Waals surface area contributed by atoms with Crippen LogP contribution in [0.5, 0.6) is 0 Å². The molecule has 0 aliphatic carbocycles. The maximum Gasteiger partial charge on any atom is 0.408 e. The van der Waals surface area contributed by atoms with Gasteiger partial charge in [0.1, 0.15) is 11.6 Å². The molecule has 0 radical (unpaired) electrons. The smallest absolute Gasteiger partial charge is 0.380 e. The molecule has 1 rings (SSSR count). The fraction of sp³-hybridized carbons (Fsp3) is 0.667. The first-order valence-electron chi connectivity index (χ1n) is 6.37. The topological polar surface area (TPSA) is 46.9 Å². The summed E-state index contributed by atoms with van der Waals surface area (Å²) in [6.07, 6.45) is -0.715. The highest BCUT2D eigenvalue weighted by Crippen LogP contribution is 2.20. The third kappa shape index (κ3) is 4.70. The molecule has 1 heterocycles. The zero-order chi connectivity index (χ0) is 15.3. The van der Waals surface area contributed by atoms with E-state index in [4.69, 9.17) is 11.6 Å². The third-order valence-corrected chi connectivity index (χ3v) is 3.17. The molecule has 1 unspecified atom stereocenters. The van der Waals surface area contributed by atoms with Crippen LogP contribution in [0.15, 0.2) is 11.0 Å². The van der Waals surface area contributed by atoms with Crippen LogP contribution in [-0.2, 0) is 6.54 Å². The Morgan fingerprint density at radius 2 is 2.10 bits per heavy atom. The molecule has 20 heavy (non-hydrogen) atoms. The molecule has 0 amide bonds. The Hall–Kier alpha value is -1.24. The lowest BCUT2D eigenvalue weighted by Crippen LogP contribution is -2.31. The molecule has 0 saturated heterocycles. The van der Waals surface area contributed by atoms with E-state index in [1.807, 2.05) is 13.8 Å². The second kappa shape index (κ2) is 6.97. The van der Waals surface area contributed by atoms with Gasteiger partial charge in [0.05, 0.1) is 11.9 Å². The Kier molecular flexibility index (Phi) is 5.86. The molecular weight excluding hydrogens is 295 g/mol. The molecule has 0 fully saturated rings. The van der Waals surface area contributed by atoms with Crippen molar-refractivity contribution in [2.75, 3.05) is 5.32 Å². The molecule has 0 spiro atoms. The van der Waals surface area contributed by atoms with Crippen LogP contribution in [0.2, 0.25) is 5.02 Å². The highest BCUT2D eigenvalue weighted by atomic mass is 35.5. The Morgan fingerprint density at radius 1 is 1.45 bits per heavy atom. The van der Waals surface area contributed by atoms with Crippen molar-refractivity contribution in [1.82, 2.24) is 9.78 Å². The summed E-state index contributed by atoms with van der Waals surface area (Å²) < 4.78 is 37.1. The molecule has 1 aromatic rings. The lowest BCUT2D eigenvalue weighted by atomic mass is 10.1. The van der Waals surface area contributed by atoms with E-state index in [1.165, 1.54) is 0 Å². The summed E-state index contributed by atoms with van der Waals surface area (Å²) in [6, 6.07) is 0.108. The number of nitrogens with zero attached hydrogens (tertiary/aromatic N) is 2. The molecule has 0 aliphatic rings. The summed E-state index contributed by atoms with van der Waals surface area (Å²) in [5.74, 6) is 0. The van der Waals surface area contributed by atoms with E-state index in [0.29, 0.717) is 4.68 Å². The first-order valence-corrected chi connectivity index (χ1v) is 6.75. The monoisotopic (exact) mass is 311 g/mol. The first-order chi connectivity index (χ1) is 9.28. The van der Waals surface area contributed by atoms with Crippen LogP contribution < -0.4 is 10.9 Å². The van der Waals surface area contributed by atoms with Crippen LogP contribution in [0.3, 0.4) is 0 Å². The Balaban J connectivity index is 2.97. The summed E-state index contributed by atoms with van der Waals surface area (Å²) in [5.41, 5.74) is -0.671. The highest BCUT2D eigenvalue weighted by molar-refractivity contribution is 6.32. The predicted octanol–water partition coefficient (Wildman–Crippen LogP) is 3.45. The molecule has 0 aromatic carbocycles. The lowest BCUT2D eigenvalue weighted by molar-refractivity contribution is -0.143. The summed E-state index contributed by atoms with van der Waals surface area (Å²) in [6.45, 7) is 2.54. The molecule has 0 bridgehead atoms. The second-order valence-electron chi connectivity index (χ2n) is 4.49. The van der Waals surface area contributed by atoms with Gasteiger partial charge in [0.15, 0.2) is 0 Å². The van der Waals surface area contributed by atoms with Crippen LogP contribution in [0, 0.1) is 0 Å². The van der Waals surface area contributed by atoms with Gasteiger partial charge in [-0.3, -0.25) is 4.79 Å². The number of alkyl halides is 3. The zero-order valence-electron chi connectivity index (χ0n) is 11.3. The maximum atomic E-state index is 12.3. The third-order valence-electron chi connectivity index (χ3n) is 2.80. The van der Waals surface area contributed by atoms with E-state index < -0.39 is 18.3 Å². The zero-order valence-corrected chi connectivity index (χ0v) is 12.1. The molecule has 0 aliphatic heterocycles. The average molecular weight is 312 g/mol. The van der Waals surface area contributed by atoms with E-state index in [2.05, 4.69) is 10.4 Å². The first kappa shape index (κ1) is 16.8. The van der Waals surface area contributed by atoms with Crippen molar-refractivity contribution in [3.63, 3.8) is 0 Å². The Bertz CT molecular complexity index is 502. The second-order valence-corrected chi connectivity index (χ2v) is 4.87. The lowest BCUT2D eigenvalue weighted by Gasteiger charge is -2.18. The van der Waals surface area contributed by atoms with Crippen LogP contribution >= 0.6 is 11.6 Å². The number of nitrogens with one attached hydrogen (secondary N) is 1. The minimum absolute atomic E-state index is 0.108. The van der Waals surface area contributed by atoms with Gasteiger partial charge in [-0.1, -0.05) is 31.9 Å². The predicted molar refractivity (Wildman–Crippen MR) is 72.2 cm³/mol. The molecular formula is C12H17ClF3N3O. The van der Waals surface area contributed by atoms with E-state index in [1.54, 1.807) is 0 Å². The summed E-state index contributed by atoms with van der Waals surface area (Å²) in [5, 5.41) is 6.28. The summed E-state index contributed by atoms with van der Waals surface area (Å²) in [7, 11) is 0. The van der Waals surface area contributed by atoms with Gasteiger partial charge in [-0.15, -0.1) is 0 Å².